The van der Waals surface area contributed by atoms with Gasteiger partial charge >= 0.3 is 0 Å². The van der Waals surface area contributed by atoms with E-state index in [2.05, 4.69) is 17.9 Å². The molecule has 0 aromatic carbocycles. The number of hydrogen-bond acceptors (Lipinski definition) is 3. The third-order valence-corrected chi connectivity index (χ3v) is 6.59. The molecule has 1 amide bonds. The molecule has 1 aromatic rings. The van der Waals surface area contributed by atoms with Gasteiger partial charge in [0.2, 0.25) is 0 Å². The number of rotatable bonds is 2. The summed E-state index contributed by atoms with van der Waals surface area (Å²) in [5.41, 5.74) is 0.118. The van der Waals surface area contributed by atoms with Gasteiger partial charge in [0.25, 0.3) is 5.91 Å². The Labute approximate surface area is 123 Å². The predicted octanol–water partition coefficient (Wildman–Crippen LogP) is 3.74. The highest BCUT2D eigenvalue weighted by Gasteiger charge is 2.51. The second-order valence-corrected chi connectivity index (χ2v) is 8.25. The van der Waals surface area contributed by atoms with E-state index in [0.717, 1.165) is 27.5 Å². The zero-order chi connectivity index (χ0) is 13.0. The summed E-state index contributed by atoms with van der Waals surface area (Å²) in [5, 5.41) is 5.32. The van der Waals surface area contributed by atoms with E-state index in [1.54, 1.807) is 0 Å². The normalized spacial score (nSPS) is 39.5. The van der Waals surface area contributed by atoms with Crippen LogP contribution < -0.4 is 5.32 Å². The lowest BCUT2D eigenvalue weighted by Crippen LogP contribution is -2.59. The Morgan fingerprint density at radius 2 is 1.79 bits per heavy atom. The zero-order valence-electron chi connectivity index (χ0n) is 10.9. The van der Waals surface area contributed by atoms with Crippen LogP contribution in [0, 0.1) is 17.8 Å². The lowest BCUT2D eigenvalue weighted by molar-refractivity contribution is -0.0166. The maximum atomic E-state index is 12.4. The van der Waals surface area contributed by atoms with Gasteiger partial charge in [-0.15, -0.1) is 24.0 Å². The molecule has 102 valence electrons. The summed E-state index contributed by atoms with van der Waals surface area (Å²) < 4.78 is 0. The van der Waals surface area contributed by atoms with E-state index in [9.17, 15) is 4.79 Å². The average molecular weight is 293 g/mol. The van der Waals surface area contributed by atoms with Crippen molar-refractivity contribution in [2.75, 3.05) is 0 Å². The highest BCUT2D eigenvalue weighted by molar-refractivity contribution is 7.80. The van der Waals surface area contributed by atoms with E-state index in [-0.39, 0.29) is 11.4 Å². The topological polar surface area (TPSA) is 29.1 Å². The highest BCUT2D eigenvalue weighted by Crippen LogP contribution is 2.55. The minimum Gasteiger partial charge on any atom is -0.346 e. The van der Waals surface area contributed by atoms with Gasteiger partial charge in [0.1, 0.15) is 0 Å². The zero-order valence-corrected chi connectivity index (χ0v) is 12.6. The third-order valence-electron chi connectivity index (χ3n) is 5.23. The summed E-state index contributed by atoms with van der Waals surface area (Å²) in [7, 11) is 0. The Hall–Kier alpha value is -0.480. The molecule has 4 saturated carbocycles. The van der Waals surface area contributed by atoms with Gasteiger partial charge in [0.15, 0.2) is 0 Å². The summed E-state index contributed by atoms with van der Waals surface area (Å²) in [4.78, 5) is 14.1. The number of amides is 1. The molecule has 2 nitrogen and oxygen atoms in total. The highest BCUT2D eigenvalue weighted by atomic mass is 32.1. The van der Waals surface area contributed by atoms with Crippen LogP contribution in [0.2, 0.25) is 0 Å². The van der Waals surface area contributed by atoms with Crippen molar-refractivity contribution in [3.63, 3.8) is 0 Å². The van der Waals surface area contributed by atoms with Crippen LogP contribution in [0.15, 0.2) is 16.3 Å². The molecule has 0 unspecified atom stereocenters. The summed E-state index contributed by atoms with van der Waals surface area (Å²) >= 11 is 5.78. The van der Waals surface area contributed by atoms with Gasteiger partial charge in [-0.05, 0) is 62.3 Å². The maximum absolute atomic E-state index is 12.4. The molecule has 5 rings (SSSR count). The molecular formula is C15H19NOS2. The Balaban J connectivity index is 1.54. The van der Waals surface area contributed by atoms with E-state index in [4.69, 9.17) is 0 Å². The van der Waals surface area contributed by atoms with Crippen molar-refractivity contribution in [2.24, 2.45) is 17.8 Å². The van der Waals surface area contributed by atoms with Crippen molar-refractivity contribution in [3.05, 3.63) is 16.3 Å². The van der Waals surface area contributed by atoms with Crippen LogP contribution in [0.3, 0.4) is 0 Å². The quantitative estimate of drug-likeness (QED) is 0.799. The SMILES string of the molecule is O=C(NC12CC3CC(CC(C3)C1)C2)c1cc(S)cs1. The van der Waals surface area contributed by atoms with Gasteiger partial charge in [-0.25, -0.2) is 0 Å². The molecule has 0 aliphatic heterocycles. The summed E-state index contributed by atoms with van der Waals surface area (Å²) in [5.74, 6) is 2.73. The molecule has 0 spiro atoms. The first-order valence-corrected chi connectivity index (χ1v) is 8.55. The van der Waals surface area contributed by atoms with Crippen LogP contribution >= 0.6 is 24.0 Å². The largest absolute Gasteiger partial charge is 0.346 e. The molecule has 0 atom stereocenters. The number of thiol groups is 1. The van der Waals surface area contributed by atoms with Crippen LogP contribution in [0.25, 0.3) is 0 Å². The van der Waals surface area contributed by atoms with Crippen molar-refractivity contribution in [1.82, 2.24) is 5.32 Å². The van der Waals surface area contributed by atoms with Crippen LogP contribution in [-0.4, -0.2) is 11.4 Å². The summed E-state index contributed by atoms with van der Waals surface area (Å²) in [6, 6.07) is 1.88. The van der Waals surface area contributed by atoms with Gasteiger partial charge in [0.05, 0.1) is 4.88 Å². The minimum absolute atomic E-state index is 0.118. The first-order chi connectivity index (χ1) is 9.12. The van der Waals surface area contributed by atoms with Crippen molar-refractivity contribution in [2.45, 2.75) is 49.0 Å². The molecule has 1 N–H and O–H groups in total. The molecule has 0 radical (unpaired) electrons. The average Bonchev–Trinajstić information content (AvgIpc) is 2.73. The Morgan fingerprint density at radius 1 is 1.21 bits per heavy atom. The van der Waals surface area contributed by atoms with Crippen molar-refractivity contribution >= 4 is 29.9 Å². The fourth-order valence-corrected chi connectivity index (χ4v) is 6.05. The van der Waals surface area contributed by atoms with E-state index in [1.165, 1.54) is 49.9 Å². The first kappa shape index (κ1) is 12.3. The van der Waals surface area contributed by atoms with Gasteiger partial charge in [-0.1, -0.05) is 0 Å². The third kappa shape index (κ3) is 2.13. The van der Waals surface area contributed by atoms with E-state index < -0.39 is 0 Å². The fourth-order valence-electron chi connectivity index (χ4n) is 5.01. The number of nitrogens with one attached hydrogen (secondary N) is 1. The number of carbonyl (C=O) groups excluding carboxylic acids is 1. The first-order valence-electron chi connectivity index (χ1n) is 7.22. The van der Waals surface area contributed by atoms with Crippen molar-refractivity contribution in [3.8, 4) is 0 Å². The van der Waals surface area contributed by atoms with Gasteiger partial charge in [0, 0.05) is 15.8 Å². The Bertz CT molecular complexity index is 487. The fraction of sp³-hybridized carbons (Fsp3) is 0.667. The lowest BCUT2D eigenvalue weighted by Gasteiger charge is -2.56. The standard InChI is InChI=1S/C15H19NOS2/c17-14(13-4-12(18)8-19-13)16-15-5-9-1-10(6-15)3-11(2-9)7-15/h4,8-11,18H,1-3,5-7H2,(H,16,17). The van der Waals surface area contributed by atoms with Crippen molar-refractivity contribution < 1.29 is 4.79 Å². The Morgan fingerprint density at radius 3 is 2.26 bits per heavy atom. The summed E-state index contributed by atoms with van der Waals surface area (Å²) in [6.07, 6.45) is 7.87. The molecular weight excluding hydrogens is 274 g/mol. The predicted molar refractivity (Wildman–Crippen MR) is 79.9 cm³/mol. The molecule has 19 heavy (non-hydrogen) atoms. The molecule has 1 heterocycles. The summed E-state index contributed by atoms with van der Waals surface area (Å²) in [6.45, 7) is 0. The molecule has 4 bridgehead atoms. The molecule has 4 fully saturated rings. The molecule has 4 heteroatoms. The monoisotopic (exact) mass is 293 g/mol. The van der Waals surface area contributed by atoms with Crippen LogP contribution in [0.5, 0.6) is 0 Å². The molecule has 4 aliphatic rings. The van der Waals surface area contributed by atoms with E-state index in [0.29, 0.717) is 0 Å². The van der Waals surface area contributed by atoms with Gasteiger partial charge in [-0.2, -0.15) is 0 Å². The van der Waals surface area contributed by atoms with E-state index >= 15 is 0 Å². The van der Waals surface area contributed by atoms with Crippen molar-refractivity contribution in [1.29, 1.82) is 0 Å². The number of carbonyl (C=O) groups is 1. The maximum Gasteiger partial charge on any atom is 0.261 e. The van der Waals surface area contributed by atoms with E-state index in [1.807, 2.05) is 11.4 Å². The Kier molecular flexibility index (Phi) is 2.75. The molecule has 1 aromatic heterocycles. The minimum atomic E-state index is 0.118. The second kappa shape index (κ2) is 4.26. The number of hydrogen-bond donors (Lipinski definition) is 2. The second-order valence-electron chi connectivity index (χ2n) is 6.82. The number of thiophene rings is 1. The van der Waals surface area contributed by atoms with Crippen LogP contribution in [0.1, 0.15) is 48.2 Å². The van der Waals surface area contributed by atoms with Crippen LogP contribution in [0.4, 0.5) is 0 Å². The smallest absolute Gasteiger partial charge is 0.261 e. The van der Waals surface area contributed by atoms with Gasteiger partial charge < -0.3 is 5.32 Å². The van der Waals surface area contributed by atoms with Crippen LogP contribution in [-0.2, 0) is 0 Å². The lowest BCUT2D eigenvalue weighted by atomic mass is 9.53. The molecule has 0 saturated heterocycles. The molecule has 4 aliphatic carbocycles. The van der Waals surface area contributed by atoms with Gasteiger partial charge in [-0.3, -0.25) is 4.79 Å².